The number of hydrogen-bond donors (Lipinski definition) is 0. The molecule has 1 aliphatic rings. The number of rotatable bonds is 2. The lowest BCUT2D eigenvalue weighted by Gasteiger charge is -2.33. The van der Waals surface area contributed by atoms with Crippen molar-refractivity contribution in [2.75, 3.05) is 18.0 Å². The number of benzene rings is 1. The Hall–Kier alpha value is -1.55. The van der Waals surface area contributed by atoms with Gasteiger partial charge in [-0.3, -0.25) is 4.79 Å². The van der Waals surface area contributed by atoms with Gasteiger partial charge < -0.3 is 4.90 Å². The highest BCUT2D eigenvalue weighted by Crippen LogP contribution is 2.28. The molecular weight excluding hydrogens is 240 g/mol. The van der Waals surface area contributed by atoms with Gasteiger partial charge in [-0.15, -0.1) is 0 Å². The Morgan fingerprint density at radius 2 is 2.00 bits per heavy atom. The largest absolute Gasteiger partial charge is 0.331 e. The summed E-state index contributed by atoms with van der Waals surface area (Å²) in [5.74, 6) is -0.201. The van der Waals surface area contributed by atoms with E-state index in [1.165, 1.54) is 0 Å². The van der Waals surface area contributed by atoms with Crippen molar-refractivity contribution in [2.45, 2.75) is 13.3 Å². The number of urea groups is 1. The fourth-order valence-corrected chi connectivity index (χ4v) is 2.07. The molecule has 1 saturated heterocycles. The third kappa shape index (κ3) is 2.13. The Morgan fingerprint density at radius 1 is 1.29 bits per heavy atom. The number of imide groups is 1. The van der Waals surface area contributed by atoms with Crippen LogP contribution in [0.15, 0.2) is 24.3 Å². The molecule has 0 atom stereocenters. The summed E-state index contributed by atoms with van der Waals surface area (Å²) in [6.45, 7) is 2.96. The third-order valence-corrected chi connectivity index (χ3v) is 3.10. The van der Waals surface area contributed by atoms with Gasteiger partial charge in [0.2, 0.25) is 5.91 Å². The van der Waals surface area contributed by atoms with E-state index in [4.69, 9.17) is 11.6 Å². The van der Waals surface area contributed by atoms with Gasteiger partial charge in [-0.25, -0.2) is 9.69 Å². The van der Waals surface area contributed by atoms with Crippen LogP contribution in [0, 0.1) is 0 Å². The molecule has 4 nitrogen and oxygen atoms in total. The number of carbonyl (C=O) groups is 2. The van der Waals surface area contributed by atoms with Crippen molar-refractivity contribution in [1.82, 2.24) is 4.90 Å². The molecule has 1 heterocycles. The predicted octanol–water partition coefficient (Wildman–Crippen LogP) is 2.52. The zero-order valence-corrected chi connectivity index (χ0v) is 10.3. The van der Waals surface area contributed by atoms with E-state index >= 15 is 0 Å². The Balaban J connectivity index is 2.38. The maximum atomic E-state index is 12.1. The molecule has 90 valence electrons. The molecule has 2 rings (SSSR count). The van der Waals surface area contributed by atoms with Gasteiger partial charge in [0.25, 0.3) is 0 Å². The first-order valence-corrected chi connectivity index (χ1v) is 5.89. The molecule has 0 aromatic heterocycles. The minimum absolute atomic E-state index is 0.201. The highest BCUT2D eigenvalue weighted by Gasteiger charge is 2.33. The molecule has 3 amide bonds. The van der Waals surface area contributed by atoms with E-state index in [2.05, 4.69) is 0 Å². The van der Waals surface area contributed by atoms with E-state index in [9.17, 15) is 9.59 Å². The minimum Gasteiger partial charge on any atom is -0.324 e. The normalized spacial score (nSPS) is 16.6. The second-order valence-corrected chi connectivity index (χ2v) is 4.20. The van der Waals surface area contributed by atoms with E-state index < -0.39 is 0 Å². The molecule has 0 bridgehead atoms. The first-order chi connectivity index (χ1) is 8.15. The topological polar surface area (TPSA) is 40.6 Å². The molecule has 1 fully saturated rings. The SMILES string of the molecule is CCN1CCC(=O)N(c2ccccc2Cl)C1=O. The maximum Gasteiger partial charge on any atom is 0.331 e. The van der Waals surface area contributed by atoms with Crippen LogP contribution in [0.2, 0.25) is 5.02 Å². The van der Waals surface area contributed by atoms with Crippen molar-refractivity contribution in [3.8, 4) is 0 Å². The quantitative estimate of drug-likeness (QED) is 0.812. The molecule has 0 unspecified atom stereocenters. The standard InChI is InChI=1S/C12H13ClN2O2/c1-2-14-8-7-11(16)15(12(14)17)10-6-4-3-5-9(10)13/h3-6H,2,7-8H2,1H3. The monoisotopic (exact) mass is 252 g/mol. The summed E-state index contributed by atoms with van der Waals surface area (Å²) in [5.41, 5.74) is 0.460. The lowest BCUT2D eigenvalue weighted by Crippen LogP contribution is -2.52. The molecule has 17 heavy (non-hydrogen) atoms. The number of hydrogen-bond acceptors (Lipinski definition) is 2. The van der Waals surface area contributed by atoms with Gasteiger partial charge in [0.1, 0.15) is 0 Å². The van der Waals surface area contributed by atoms with E-state index in [1.807, 2.05) is 6.92 Å². The zero-order chi connectivity index (χ0) is 12.4. The molecule has 0 saturated carbocycles. The van der Waals surface area contributed by atoms with Crippen LogP contribution in [0.5, 0.6) is 0 Å². The molecule has 0 N–H and O–H groups in total. The molecular formula is C12H13ClN2O2. The van der Waals surface area contributed by atoms with Crippen LogP contribution in [0.4, 0.5) is 10.5 Å². The average Bonchev–Trinajstić information content (AvgIpc) is 2.32. The molecule has 0 radical (unpaired) electrons. The Bertz CT molecular complexity index is 462. The number of para-hydroxylation sites is 1. The zero-order valence-electron chi connectivity index (χ0n) is 9.52. The van der Waals surface area contributed by atoms with Crippen molar-refractivity contribution in [3.05, 3.63) is 29.3 Å². The van der Waals surface area contributed by atoms with Crippen LogP contribution in [0.3, 0.4) is 0 Å². The summed E-state index contributed by atoms with van der Waals surface area (Å²) < 4.78 is 0. The van der Waals surface area contributed by atoms with Crippen LogP contribution < -0.4 is 4.90 Å². The van der Waals surface area contributed by atoms with Gasteiger partial charge in [0, 0.05) is 19.5 Å². The van der Waals surface area contributed by atoms with Crippen LogP contribution in [-0.2, 0) is 4.79 Å². The Morgan fingerprint density at radius 3 is 2.65 bits per heavy atom. The van der Waals surface area contributed by atoms with Crippen LogP contribution in [-0.4, -0.2) is 29.9 Å². The maximum absolute atomic E-state index is 12.1. The van der Waals surface area contributed by atoms with Crippen LogP contribution in [0.1, 0.15) is 13.3 Å². The van der Waals surface area contributed by atoms with Crippen molar-refractivity contribution < 1.29 is 9.59 Å². The summed E-state index contributed by atoms with van der Waals surface area (Å²) in [5, 5.41) is 0.409. The molecule has 5 heteroatoms. The fourth-order valence-electron chi connectivity index (χ4n) is 1.85. The van der Waals surface area contributed by atoms with Crippen LogP contribution in [0.25, 0.3) is 0 Å². The van der Waals surface area contributed by atoms with Crippen LogP contribution >= 0.6 is 11.6 Å². The molecule has 1 aromatic carbocycles. The number of anilines is 1. The molecule has 1 aliphatic heterocycles. The third-order valence-electron chi connectivity index (χ3n) is 2.78. The van der Waals surface area contributed by atoms with Gasteiger partial charge in [0.05, 0.1) is 10.7 Å². The number of amides is 3. The summed E-state index contributed by atoms with van der Waals surface area (Å²) in [4.78, 5) is 26.7. The second kappa shape index (κ2) is 4.75. The van der Waals surface area contributed by atoms with Crippen molar-refractivity contribution in [2.24, 2.45) is 0 Å². The summed E-state index contributed by atoms with van der Waals surface area (Å²) >= 11 is 6.01. The Kier molecular flexibility index (Phi) is 3.33. The predicted molar refractivity (Wildman–Crippen MR) is 66.2 cm³/mol. The molecule has 1 aromatic rings. The van der Waals surface area contributed by atoms with E-state index in [0.717, 1.165) is 4.90 Å². The summed E-state index contributed by atoms with van der Waals surface area (Å²) in [6.07, 6.45) is 0.338. The summed E-state index contributed by atoms with van der Waals surface area (Å²) in [6, 6.07) is 6.58. The number of nitrogens with zero attached hydrogens (tertiary/aromatic N) is 2. The minimum atomic E-state index is -0.295. The smallest absolute Gasteiger partial charge is 0.324 e. The number of halogens is 1. The second-order valence-electron chi connectivity index (χ2n) is 3.79. The highest BCUT2D eigenvalue weighted by molar-refractivity contribution is 6.35. The van der Waals surface area contributed by atoms with E-state index in [-0.39, 0.29) is 11.9 Å². The average molecular weight is 253 g/mol. The van der Waals surface area contributed by atoms with Gasteiger partial charge >= 0.3 is 6.03 Å². The lowest BCUT2D eigenvalue weighted by molar-refractivity contribution is -0.119. The van der Waals surface area contributed by atoms with Gasteiger partial charge in [-0.05, 0) is 19.1 Å². The summed E-state index contributed by atoms with van der Waals surface area (Å²) in [7, 11) is 0. The fraction of sp³-hybridized carbons (Fsp3) is 0.333. The van der Waals surface area contributed by atoms with E-state index in [0.29, 0.717) is 30.2 Å². The first-order valence-electron chi connectivity index (χ1n) is 5.51. The first kappa shape index (κ1) is 11.9. The lowest BCUT2D eigenvalue weighted by atomic mass is 10.2. The van der Waals surface area contributed by atoms with Gasteiger partial charge in [-0.1, -0.05) is 23.7 Å². The van der Waals surface area contributed by atoms with Crippen molar-refractivity contribution in [3.63, 3.8) is 0 Å². The number of carbonyl (C=O) groups excluding carboxylic acids is 2. The van der Waals surface area contributed by atoms with Gasteiger partial charge in [0.15, 0.2) is 0 Å². The molecule has 0 aliphatic carbocycles. The highest BCUT2D eigenvalue weighted by atomic mass is 35.5. The Labute approximate surface area is 105 Å². The van der Waals surface area contributed by atoms with Crippen molar-refractivity contribution in [1.29, 1.82) is 0 Å². The van der Waals surface area contributed by atoms with Gasteiger partial charge in [-0.2, -0.15) is 0 Å². The van der Waals surface area contributed by atoms with Crippen molar-refractivity contribution >= 4 is 29.2 Å². The molecule has 0 spiro atoms. The van der Waals surface area contributed by atoms with E-state index in [1.54, 1.807) is 29.2 Å².